The summed E-state index contributed by atoms with van der Waals surface area (Å²) in [5.74, 6) is 0.595. The number of aryl methyl sites for hydroxylation is 1. The second-order valence-electron chi connectivity index (χ2n) is 5.11. The molecule has 0 spiro atoms. The predicted octanol–water partition coefficient (Wildman–Crippen LogP) is 3.12. The van der Waals surface area contributed by atoms with Gasteiger partial charge in [-0.05, 0) is 18.3 Å². The van der Waals surface area contributed by atoms with Crippen molar-refractivity contribution in [3.63, 3.8) is 0 Å². The van der Waals surface area contributed by atoms with Crippen molar-refractivity contribution in [1.29, 1.82) is 0 Å². The van der Waals surface area contributed by atoms with Gasteiger partial charge in [0.2, 0.25) is 0 Å². The van der Waals surface area contributed by atoms with Crippen LogP contribution in [0.3, 0.4) is 0 Å². The standard InChI is InChI=1S/C11H20ClN3/c1-5-6-15-10(13)9(12)8(14-15)7-11(2,3)4/h5-7,13H2,1-4H3. The molecule has 0 aliphatic rings. The maximum atomic E-state index is 6.15. The fourth-order valence-electron chi connectivity index (χ4n) is 1.50. The molecule has 86 valence electrons. The van der Waals surface area contributed by atoms with Crippen molar-refractivity contribution >= 4 is 17.4 Å². The third kappa shape index (κ3) is 3.13. The quantitative estimate of drug-likeness (QED) is 0.866. The Bertz CT molecular complexity index is 336. The van der Waals surface area contributed by atoms with Crippen molar-refractivity contribution < 1.29 is 0 Å². The summed E-state index contributed by atoms with van der Waals surface area (Å²) in [6.45, 7) is 9.42. The fraction of sp³-hybridized carbons (Fsp3) is 0.727. The fourth-order valence-corrected chi connectivity index (χ4v) is 1.70. The van der Waals surface area contributed by atoms with Crippen molar-refractivity contribution in [1.82, 2.24) is 9.78 Å². The first-order valence-corrected chi connectivity index (χ1v) is 5.73. The van der Waals surface area contributed by atoms with Gasteiger partial charge in [0.25, 0.3) is 0 Å². The maximum Gasteiger partial charge on any atom is 0.140 e. The highest BCUT2D eigenvalue weighted by Gasteiger charge is 2.19. The van der Waals surface area contributed by atoms with E-state index in [9.17, 15) is 0 Å². The molecule has 0 amide bonds. The van der Waals surface area contributed by atoms with Gasteiger partial charge in [0.1, 0.15) is 10.8 Å². The Morgan fingerprint density at radius 1 is 1.40 bits per heavy atom. The second kappa shape index (κ2) is 4.44. The number of nitrogens with two attached hydrogens (primary N) is 1. The molecule has 4 heteroatoms. The highest BCUT2D eigenvalue weighted by Crippen LogP contribution is 2.29. The van der Waals surface area contributed by atoms with Gasteiger partial charge >= 0.3 is 0 Å². The summed E-state index contributed by atoms with van der Waals surface area (Å²) in [5.41, 5.74) is 6.97. The minimum absolute atomic E-state index is 0.182. The molecule has 0 unspecified atom stereocenters. The molecule has 0 radical (unpaired) electrons. The summed E-state index contributed by atoms with van der Waals surface area (Å²) in [7, 11) is 0. The number of rotatable bonds is 3. The molecule has 0 fully saturated rings. The van der Waals surface area contributed by atoms with Crippen molar-refractivity contribution in [3.8, 4) is 0 Å². The van der Waals surface area contributed by atoms with Crippen LogP contribution >= 0.6 is 11.6 Å². The molecule has 15 heavy (non-hydrogen) atoms. The Kier molecular flexibility index (Phi) is 3.66. The zero-order chi connectivity index (χ0) is 11.6. The third-order valence-corrected chi connectivity index (χ3v) is 2.54. The van der Waals surface area contributed by atoms with Crippen LogP contribution in [0, 0.1) is 5.41 Å². The topological polar surface area (TPSA) is 43.8 Å². The molecule has 1 aromatic rings. The van der Waals surface area contributed by atoms with E-state index in [2.05, 4.69) is 32.8 Å². The van der Waals surface area contributed by atoms with E-state index in [1.165, 1.54) is 0 Å². The number of hydrogen-bond donors (Lipinski definition) is 1. The lowest BCUT2D eigenvalue weighted by molar-refractivity contribution is 0.403. The van der Waals surface area contributed by atoms with Crippen molar-refractivity contribution in [2.24, 2.45) is 5.41 Å². The average molecular weight is 230 g/mol. The SMILES string of the molecule is CCCn1nc(CC(C)(C)C)c(Cl)c1N. The van der Waals surface area contributed by atoms with Crippen molar-refractivity contribution in [2.45, 2.75) is 47.1 Å². The molecule has 0 aliphatic heterocycles. The number of anilines is 1. The van der Waals surface area contributed by atoms with E-state index >= 15 is 0 Å². The van der Waals surface area contributed by atoms with Gasteiger partial charge in [-0.25, -0.2) is 4.68 Å². The highest BCUT2D eigenvalue weighted by molar-refractivity contribution is 6.33. The number of nitrogens with zero attached hydrogens (tertiary/aromatic N) is 2. The van der Waals surface area contributed by atoms with Crippen molar-refractivity contribution in [3.05, 3.63) is 10.7 Å². The van der Waals surface area contributed by atoms with Gasteiger partial charge in [-0.2, -0.15) is 5.10 Å². The van der Waals surface area contributed by atoms with Gasteiger partial charge in [0, 0.05) is 6.54 Å². The molecule has 0 aliphatic carbocycles. The van der Waals surface area contributed by atoms with Crippen LogP contribution in [-0.4, -0.2) is 9.78 Å². The summed E-state index contributed by atoms with van der Waals surface area (Å²) < 4.78 is 1.80. The Morgan fingerprint density at radius 2 is 2.00 bits per heavy atom. The minimum Gasteiger partial charge on any atom is -0.383 e. The zero-order valence-corrected chi connectivity index (χ0v) is 10.7. The van der Waals surface area contributed by atoms with Crippen LogP contribution in [-0.2, 0) is 13.0 Å². The number of hydrogen-bond acceptors (Lipinski definition) is 2. The van der Waals surface area contributed by atoms with Crippen LogP contribution in [0.15, 0.2) is 0 Å². The summed E-state index contributed by atoms with van der Waals surface area (Å²) in [6.07, 6.45) is 1.86. The Balaban J connectivity index is 2.95. The van der Waals surface area contributed by atoms with Crippen molar-refractivity contribution in [2.75, 3.05) is 5.73 Å². The largest absolute Gasteiger partial charge is 0.383 e. The first-order chi connectivity index (χ1) is 6.85. The summed E-state index contributed by atoms with van der Waals surface area (Å²) in [6, 6.07) is 0. The van der Waals surface area contributed by atoms with Crippen LogP contribution in [0.2, 0.25) is 5.02 Å². The molecule has 0 bridgehead atoms. The zero-order valence-electron chi connectivity index (χ0n) is 9.97. The van der Waals surface area contributed by atoms with Crippen LogP contribution in [0.4, 0.5) is 5.82 Å². The molecular formula is C11H20ClN3. The van der Waals surface area contributed by atoms with E-state index < -0.39 is 0 Å². The Morgan fingerprint density at radius 3 is 2.47 bits per heavy atom. The van der Waals surface area contributed by atoms with E-state index in [4.69, 9.17) is 17.3 Å². The summed E-state index contributed by atoms with van der Waals surface area (Å²) in [4.78, 5) is 0. The van der Waals surface area contributed by atoms with E-state index in [1.54, 1.807) is 4.68 Å². The van der Waals surface area contributed by atoms with Crippen LogP contribution in [0.25, 0.3) is 0 Å². The maximum absolute atomic E-state index is 6.15. The lowest BCUT2D eigenvalue weighted by atomic mass is 9.91. The van der Waals surface area contributed by atoms with E-state index in [-0.39, 0.29) is 5.41 Å². The molecule has 3 nitrogen and oxygen atoms in total. The van der Waals surface area contributed by atoms with Gasteiger partial charge < -0.3 is 5.73 Å². The molecule has 1 rings (SSSR count). The Labute approximate surface area is 96.6 Å². The van der Waals surface area contributed by atoms with Crippen LogP contribution < -0.4 is 5.73 Å². The monoisotopic (exact) mass is 229 g/mol. The lowest BCUT2D eigenvalue weighted by Gasteiger charge is -2.16. The Hall–Kier alpha value is -0.700. The predicted molar refractivity (Wildman–Crippen MR) is 65.1 cm³/mol. The first kappa shape index (κ1) is 12.4. The molecule has 2 N–H and O–H groups in total. The summed E-state index contributed by atoms with van der Waals surface area (Å²) >= 11 is 6.15. The summed E-state index contributed by atoms with van der Waals surface area (Å²) in [5, 5.41) is 5.07. The molecule has 0 aromatic carbocycles. The number of halogens is 1. The lowest BCUT2D eigenvalue weighted by Crippen LogP contribution is -2.10. The van der Waals surface area contributed by atoms with E-state index in [0.29, 0.717) is 10.8 Å². The number of aromatic nitrogens is 2. The highest BCUT2D eigenvalue weighted by atomic mass is 35.5. The van der Waals surface area contributed by atoms with Gasteiger partial charge in [0.15, 0.2) is 0 Å². The smallest absolute Gasteiger partial charge is 0.140 e. The average Bonchev–Trinajstić information content (AvgIpc) is 2.32. The molecule has 0 saturated heterocycles. The van der Waals surface area contributed by atoms with Gasteiger partial charge in [-0.1, -0.05) is 39.3 Å². The van der Waals surface area contributed by atoms with Crippen LogP contribution in [0.5, 0.6) is 0 Å². The van der Waals surface area contributed by atoms with E-state index in [1.807, 2.05) is 0 Å². The van der Waals surface area contributed by atoms with Crippen LogP contribution in [0.1, 0.15) is 39.8 Å². The van der Waals surface area contributed by atoms with Gasteiger partial charge in [-0.3, -0.25) is 0 Å². The first-order valence-electron chi connectivity index (χ1n) is 5.36. The normalized spacial score (nSPS) is 12.1. The van der Waals surface area contributed by atoms with Gasteiger partial charge in [-0.15, -0.1) is 0 Å². The molecule has 0 saturated carbocycles. The molecule has 0 atom stereocenters. The van der Waals surface area contributed by atoms with Gasteiger partial charge in [0.05, 0.1) is 5.69 Å². The molecular weight excluding hydrogens is 210 g/mol. The second-order valence-corrected chi connectivity index (χ2v) is 5.48. The molecule has 1 aromatic heterocycles. The number of nitrogen functional groups attached to an aromatic ring is 1. The third-order valence-electron chi connectivity index (χ3n) is 2.13. The molecule has 1 heterocycles. The van der Waals surface area contributed by atoms with E-state index in [0.717, 1.165) is 25.1 Å². The minimum atomic E-state index is 0.182.